The normalized spacial score (nSPS) is 12.0. The molecular formula is C20H32IN5O2S2. The largest absolute Gasteiger partial charge is 0.357 e. The third kappa shape index (κ3) is 9.71. The van der Waals surface area contributed by atoms with E-state index in [4.69, 9.17) is 0 Å². The molecule has 1 heterocycles. The highest BCUT2D eigenvalue weighted by atomic mass is 127. The average Bonchev–Trinajstić information content (AvgIpc) is 3.04. The average molecular weight is 566 g/mol. The fraction of sp³-hybridized carbons (Fsp3) is 0.500. The van der Waals surface area contributed by atoms with Crippen LogP contribution in [0.1, 0.15) is 42.6 Å². The van der Waals surface area contributed by atoms with E-state index < -0.39 is 10.0 Å². The van der Waals surface area contributed by atoms with E-state index in [2.05, 4.69) is 30.7 Å². The number of hydrogen-bond acceptors (Lipinski definition) is 5. The summed E-state index contributed by atoms with van der Waals surface area (Å²) in [4.78, 5) is 9.10. The summed E-state index contributed by atoms with van der Waals surface area (Å²) in [6.07, 6.45) is 0.824. The summed E-state index contributed by atoms with van der Waals surface area (Å²) in [5.41, 5.74) is 2.73. The third-order valence-corrected chi connectivity index (χ3v) is 6.31. The number of aromatic nitrogens is 1. The lowest BCUT2D eigenvalue weighted by Gasteiger charge is -2.13. The maximum atomic E-state index is 12.3. The molecule has 2 aromatic rings. The molecular weight excluding hydrogens is 533 g/mol. The molecule has 0 fully saturated rings. The zero-order chi connectivity index (χ0) is 21.3. The number of hydrogen-bond donors (Lipinski definition) is 3. The standard InChI is InChI=1S/C20H31N5O2S2.HI/c1-5-21-20(22-11-10-19-13-28-16(4)24-19)23-12-17-8-6-7-9-18(17)14-29(26,27)25-15(2)3;/h6-9,13,15,25H,5,10-12,14H2,1-4H3,(H2,21,22,23);1H. The monoisotopic (exact) mass is 565 g/mol. The van der Waals surface area contributed by atoms with E-state index in [9.17, 15) is 8.42 Å². The van der Waals surface area contributed by atoms with Gasteiger partial charge in [0.2, 0.25) is 10.0 Å². The predicted octanol–water partition coefficient (Wildman–Crippen LogP) is 3.20. The number of nitrogens with one attached hydrogen (secondary N) is 3. The van der Waals surface area contributed by atoms with Gasteiger partial charge in [-0.2, -0.15) is 0 Å². The van der Waals surface area contributed by atoms with E-state index in [0.717, 1.165) is 41.3 Å². The first-order valence-electron chi connectivity index (χ1n) is 9.79. The third-order valence-electron chi connectivity index (χ3n) is 3.97. The zero-order valence-electron chi connectivity index (χ0n) is 17.9. The molecule has 0 aliphatic heterocycles. The molecule has 10 heteroatoms. The lowest BCUT2D eigenvalue weighted by atomic mass is 10.1. The summed E-state index contributed by atoms with van der Waals surface area (Å²) in [5.74, 6) is 0.654. The van der Waals surface area contributed by atoms with Gasteiger partial charge in [-0.1, -0.05) is 24.3 Å². The molecule has 2 rings (SSSR count). The molecule has 0 amide bonds. The molecule has 168 valence electrons. The Labute approximate surface area is 201 Å². The first kappa shape index (κ1) is 26.8. The van der Waals surface area contributed by atoms with Crippen molar-refractivity contribution in [3.63, 3.8) is 0 Å². The number of benzene rings is 1. The van der Waals surface area contributed by atoms with E-state index in [1.807, 2.05) is 52.0 Å². The Morgan fingerprint density at radius 1 is 1.20 bits per heavy atom. The topological polar surface area (TPSA) is 95.5 Å². The second-order valence-corrected chi connectivity index (χ2v) is 9.85. The Kier molecular flexibility index (Phi) is 11.8. The van der Waals surface area contributed by atoms with Crippen molar-refractivity contribution in [2.24, 2.45) is 4.99 Å². The summed E-state index contributed by atoms with van der Waals surface area (Å²) < 4.78 is 27.2. The second-order valence-electron chi connectivity index (χ2n) is 7.03. The Hall–Kier alpha value is -1.24. The van der Waals surface area contributed by atoms with Crippen molar-refractivity contribution in [1.82, 2.24) is 20.3 Å². The molecule has 0 saturated heterocycles. The maximum absolute atomic E-state index is 12.3. The highest BCUT2D eigenvalue weighted by Crippen LogP contribution is 2.14. The van der Waals surface area contributed by atoms with Crippen molar-refractivity contribution < 1.29 is 8.42 Å². The van der Waals surface area contributed by atoms with E-state index in [-0.39, 0.29) is 35.8 Å². The minimum atomic E-state index is -3.38. The number of sulfonamides is 1. The summed E-state index contributed by atoms with van der Waals surface area (Å²) in [6, 6.07) is 7.39. The molecule has 1 aromatic carbocycles. The van der Waals surface area contributed by atoms with Crippen LogP contribution in [0.2, 0.25) is 0 Å². The van der Waals surface area contributed by atoms with Gasteiger partial charge in [-0.25, -0.2) is 23.1 Å². The van der Waals surface area contributed by atoms with Gasteiger partial charge in [0.1, 0.15) is 0 Å². The van der Waals surface area contributed by atoms with Gasteiger partial charge in [0, 0.05) is 30.9 Å². The molecule has 0 aliphatic carbocycles. The first-order chi connectivity index (χ1) is 13.8. The van der Waals surface area contributed by atoms with Crippen molar-refractivity contribution in [2.75, 3.05) is 13.1 Å². The van der Waals surface area contributed by atoms with Crippen LogP contribution in [0.3, 0.4) is 0 Å². The molecule has 0 radical (unpaired) electrons. The van der Waals surface area contributed by atoms with Crippen molar-refractivity contribution in [3.8, 4) is 0 Å². The van der Waals surface area contributed by atoms with Crippen molar-refractivity contribution in [3.05, 3.63) is 51.5 Å². The van der Waals surface area contributed by atoms with Crippen molar-refractivity contribution in [1.29, 1.82) is 0 Å². The minimum Gasteiger partial charge on any atom is -0.357 e. The fourth-order valence-corrected chi connectivity index (χ4v) is 4.94. The lowest BCUT2D eigenvalue weighted by Crippen LogP contribution is -2.38. The Morgan fingerprint density at radius 3 is 2.50 bits per heavy atom. The number of aryl methyl sites for hydroxylation is 1. The number of thiazole rings is 1. The predicted molar refractivity (Wildman–Crippen MR) is 136 cm³/mol. The van der Waals surface area contributed by atoms with Crippen LogP contribution < -0.4 is 15.4 Å². The Bertz CT molecular complexity index is 913. The van der Waals surface area contributed by atoms with Gasteiger partial charge in [-0.05, 0) is 38.8 Å². The van der Waals surface area contributed by atoms with Gasteiger partial charge < -0.3 is 10.6 Å². The van der Waals surface area contributed by atoms with Crippen LogP contribution in [0.15, 0.2) is 34.6 Å². The van der Waals surface area contributed by atoms with Crippen LogP contribution >= 0.6 is 35.3 Å². The van der Waals surface area contributed by atoms with Crippen LogP contribution in [0, 0.1) is 6.92 Å². The quantitative estimate of drug-likeness (QED) is 0.234. The van der Waals surface area contributed by atoms with Gasteiger partial charge in [0.05, 0.1) is 23.0 Å². The zero-order valence-corrected chi connectivity index (χ0v) is 21.9. The van der Waals surface area contributed by atoms with Crippen LogP contribution in [0.5, 0.6) is 0 Å². The molecule has 1 aromatic heterocycles. The van der Waals surface area contributed by atoms with Crippen LogP contribution in [0.25, 0.3) is 0 Å². The van der Waals surface area contributed by atoms with Crippen LogP contribution in [-0.2, 0) is 28.7 Å². The van der Waals surface area contributed by atoms with E-state index in [1.54, 1.807) is 11.3 Å². The molecule has 0 saturated carbocycles. The van der Waals surface area contributed by atoms with Gasteiger partial charge >= 0.3 is 0 Å². The summed E-state index contributed by atoms with van der Waals surface area (Å²) >= 11 is 1.65. The summed E-state index contributed by atoms with van der Waals surface area (Å²) in [7, 11) is -3.38. The number of rotatable bonds is 10. The smallest absolute Gasteiger partial charge is 0.216 e. The minimum absolute atomic E-state index is 0. The lowest BCUT2D eigenvalue weighted by molar-refractivity contribution is 0.569. The summed E-state index contributed by atoms with van der Waals surface area (Å²) in [5, 5.41) is 9.69. The summed E-state index contributed by atoms with van der Waals surface area (Å²) in [6.45, 7) is 9.52. The molecule has 0 spiro atoms. The van der Waals surface area contributed by atoms with Crippen molar-refractivity contribution in [2.45, 2.75) is 52.5 Å². The van der Waals surface area contributed by atoms with Crippen molar-refractivity contribution >= 4 is 51.3 Å². The number of nitrogens with zero attached hydrogens (tertiary/aromatic N) is 2. The number of halogens is 1. The van der Waals surface area contributed by atoms with Gasteiger partial charge in [0.25, 0.3) is 0 Å². The highest BCUT2D eigenvalue weighted by Gasteiger charge is 2.15. The molecule has 0 bridgehead atoms. The van der Waals surface area contributed by atoms with Gasteiger partial charge in [-0.3, -0.25) is 0 Å². The SMILES string of the molecule is CCNC(=NCc1ccccc1CS(=O)(=O)NC(C)C)NCCc1csc(C)n1.I. The number of aliphatic imine (C=N–C) groups is 1. The van der Waals surface area contributed by atoms with Gasteiger partial charge in [-0.15, -0.1) is 35.3 Å². The molecule has 0 atom stereocenters. The fourth-order valence-electron chi connectivity index (χ4n) is 2.80. The van der Waals surface area contributed by atoms with E-state index in [0.29, 0.717) is 12.5 Å². The van der Waals surface area contributed by atoms with Crippen LogP contribution in [0.4, 0.5) is 0 Å². The number of guanidine groups is 1. The second kappa shape index (κ2) is 13.2. The molecule has 3 N–H and O–H groups in total. The van der Waals surface area contributed by atoms with E-state index in [1.165, 1.54) is 0 Å². The Balaban J connectivity index is 0.00000450. The first-order valence-corrected chi connectivity index (χ1v) is 12.3. The molecule has 7 nitrogen and oxygen atoms in total. The Morgan fingerprint density at radius 2 is 1.90 bits per heavy atom. The van der Waals surface area contributed by atoms with Gasteiger partial charge in [0.15, 0.2) is 5.96 Å². The highest BCUT2D eigenvalue weighted by molar-refractivity contribution is 14.0. The molecule has 0 unspecified atom stereocenters. The molecule has 0 aliphatic rings. The molecule has 30 heavy (non-hydrogen) atoms. The van der Waals surface area contributed by atoms with Crippen LogP contribution in [-0.4, -0.2) is 38.5 Å². The maximum Gasteiger partial charge on any atom is 0.216 e. The van der Waals surface area contributed by atoms with E-state index >= 15 is 0 Å².